The zero-order valence-electron chi connectivity index (χ0n) is 20.0. The van der Waals surface area contributed by atoms with Crippen molar-refractivity contribution in [2.45, 2.75) is 59.6 Å². The molecule has 0 bridgehead atoms. The summed E-state index contributed by atoms with van der Waals surface area (Å²) in [6.07, 6.45) is 0.498. The first-order valence-electron chi connectivity index (χ1n) is 10.6. The van der Waals surface area contributed by atoms with E-state index in [1.54, 1.807) is 19.2 Å². The lowest BCUT2D eigenvalue weighted by Gasteiger charge is -2.19. The Labute approximate surface area is 190 Å². The predicted molar refractivity (Wildman–Crippen MR) is 124 cm³/mol. The Morgan fingerprint density at radius 2 is 1.81 bits per heavy atom. The number of rotatable bonds is 8. The van der Waals surface area contributed by atoms with Crippen molar-refractivity contribution in [3.8, 4) is 6.07 Å². The Bertz CT molecular complexity index is 1050. The normalized spacial score (nSPS) is 12.9. The molecule has 1 heterocycles. The number of carbonyl (C=O) groups is 2. The van der Waals surface area contributed by atoms with Gasteiger partial charge in [0.15, 0.2) is 6.10 Å². The molecule has 0 fully saturated rings. The second-order valence-electron chi connectivity index (χ2n) is 8.88. The van der Waals surface area contributed by atoms with Crippen molar-refractivity contribution < 1.29 is 19.1 Å². The molecule has 0 aliphatic heterocycles. The summed E-state index contributed by atoms with van der Waals surface area (Å²) in [5.74, 6) is -1.13. The van der Waals surface area contributed by atoms with Gasteiger partial charge in [-0.1, -0.05) is 45.0 Å². The van der Waals surface area contributed by atoms with Gasteiger partial charge >= 0.3 is 5.97 Å². The molecule has 2 rings (SSSR count). The van der Waals surface area contributed by atoms with Gasteiger partial charge in [-0.15, -0.1) is 0 Å². The van der Waals surface area contributed by atoms with Crippen molar-refractivity contribution in [1.82, 2.24) is 4.57 Å². The van der Waals surface area contributed by atoms with Gasteiger partial charge in [-0.25, -0.2) is 4.79 Å². The Morgan fingerprint density at radius 3 is 2.34 bits per heavy atom. The number of aromatic nitrogens is 1. The van der Waals surface area contributed by atoms with Gasteiger partial charge in [0.25, 0.3) is 0 Å². The smallest absolute Gasteiger partial charge is 0.349 e. The quantitative estimate of drug-likeness (QED) is 0.258. The average Bonchev–Trinajstić information content (AvgIpc) is 3.01. The summed E-state index contributed by atoms with van der Waals surface area (Å²) < 4.78 is 12.5. The van der Waals surface area contributed by atoms with Gasteiger partial charge in [0.2, 0.25) is 5.78 Å². The van der Waals surface area contributed by atoms with E-state index < -0.39 is 12.1 Å². The fourth-order valence-electron chi connectivity index (χ4n) is 3.44. The standard InChI is InChI=1S/C26H32N2O4/c1-17-14-21(18(2)28(17)12-13-31-7)15-22(16-27)25(30)32-19(3)24(29)20-8-10-23(11-9-20)26(4,5)6/h8-11,14-15,19H,12-13H2,1-7H3/b22-15+. The van der Waals surface area contributed by atoms with Crippen LogP contribution in [0.2, 0.25) is 0 Å². The molecule has 0 saturated heterocycles. The molecule has 1 aromatic carbocycles. The van der Waals surface area contributed by atoms with Crippen LogP contribution in [0.4, 0.5) is 0 Å². The topological polar surface area (TPSA) is 81.3 Å². The largest absolute Gasteiger partial charge is 0.450 e. The number of aryl methyl sites for hydroxylation is 1. The summed E-state index contributed by atoms with van der Waals surface area (Å²) in [5.41, 5.74) is 4.06. The third-order valence-electron chi connectivity index (χ3n) is 5.46. The highest BCUT2D eigenvalue weighted by Gasteiger charge is 2.23. The van der Waals surface area contributed by atoms with Gasteiger partial charge in [0.1, 0.15) is 11.6 Å². The SMILES string of the molecule is COCCn1c(C)cc(/C=C(\C#N)C(=O)OC(C)C(=O)c2ccc(C(C)(C)C)cc2)c1C. The number of methoxy groups -OCH3 is 1. The highest BCUT2D eigenvalue weighted by Crippen LogP contribution is 2.23. The Hall–Kier alpha value is -3.17. The van der Waals surface area contributed by atoms with Crippen LogP contribution in [0.3, 0.4) is 0 Å². The van der Waals surface area contributed by atoms with Crippen LogP contribution in [0.1, 0.15) is 60.6 Å². The third-order valence-corrected chi connectivity index (χ3v) is 5.46. The number of benzene rings is 1. The number of esters is 1. The molecule has 1 aromatic heterocycles. The van der Waals surface area contributed by atoms with Crippen LogP contribution in [0.5, 0.6) is 0 Å². The maximum atomic E-state index is 12.7. The van der Waals surface area contributed by atoms with E-state index in [2.05, 4.69) is 25.3 Å². The van der Waals surface area contributed by atoms with Gasteiger partial charge in [-0.3, -0.25) is 4.79 Å². The van der Waals surface area contributed by atoms with Crippen molar-refractivity contribution in [3.05, 3.63) is 64.0 Å². The molecule has 0 aliphatic rings. The molecule has 32 heavy (non-hydrogen) atoms. The Balaban J connectivity index is 2.16. The first-order chi connectivity index (χ1) is 15.0. The zero-order valence-corrected chi connectivity index (χ0v) is 20.0. The molecule has 1 unspecified atom stereocenters. The minimum atomic E-state index is -1.01. The molecule has 0 spiro atoms. The van der Waals surface area contributed by atoms with Crippen LogP contribution in [0.15, 0.2) is 35.9 Å². The van der Waals surface area contributed by atoms with Gasteiger partial charge in [0, 0.05) is 30.6 Å². The number of ether oxygens (including phenoxy) is 2. The predicted octanol–water partition coefficient (Wildman–Crippen LogP) is 4.77. The summed E-state index contributed by atoms with van der Waals surface area (Å²) >= 11 is 0. The van der Waals surface area contributed by atoms with E-state index in [0.717, 1.165) is 22.5 Å². The maximum Gasteiger partial charge on any atom is 0.349 e. The van der Waals surface area contributed by atoms with E-state index in [9.17, 15) is 14.9 Å². The number of hydrogen-bond acceptors (Lipinski definition) is 5. The van der Waals surface area contributed by atoms with Gasteiger partial charge in [-0.05, 0) is 49.5 Å². The average molecular weight is 437 g/mol. The lowest BCUT2D eigenvalue weighted by Crippen LogP contribution is -2.25. The van der Waals surface area contributed by atoms with E-state index >= 15 is 0 Å². The van der Waals surface area contributed by atoms with Crippen LogP contribution in [0, 0.1) is 25.2 Å². The Kier molecular flexibility index (Phi) is 8.18. The van der Waals surface area contributed by atoms with E-state index in [0.29, 0.717) is 18.7 Å². The van der Waals surface area contributed by atoms with Gasteiger partial charge in [-0.2, -0.15) is 5.26 Å². The van der Waals surface area contributed by atoms with Crippen molar-refractivity contribution in [2.24, 2.45) is 0 Å². The molecule has 170 valence electrons. The molecule has 0 amide bonds. The summed E-state index contributed by atoms with van der Waals surface area (Å²) in [4.78, 5) is 25.3. The molecular weight excluding hydrogens is 404 g/mol. The number of nitriles is 1. The molecular formula is C26H32N2O4. The lowest BCUT2D eigenvalue weighted by atomic mass is 9.86. The van der Waals surface area contributed by atoms with E-state index in [1.807, 2.05) is 38.1 Å². The zero-order chi connectivity index (χ0) is 24.1. The highest BCUT2D eigenvalue weighted by atomic mass is 16.5. The second-order valence-corrected chi connectivity index (χ2v) is 8.88. The molecule has 1 atom stereocenters. The monoisotopic (exact) mass is 436 g/mol. The first-order valence-corrected chi connectivity index (χ1v) is 10.6. The van der Waals surface area contributed by atoms with Gasteiger partial charge in [0.05, 0.1) is 6.61 Å². The number of Topliss-reactive ketones (excluding diaryl/α,β-unsaturated/α-hetero) is 1. The molecule has 0 radical (unpaired) electrons. The summed E-state index contributed by atoms with van der Waals surface area (Å²) in [5, 5.41) is 9.51. The summed E-state index contributed by atoms with van der Waals surface area (Å²) in [6.45, 7) is 12.9. The molecule has 6 heteroatoms. The number of nitrogens with zero attached hydrogens (tertiary/aromatic N) is 2. The highest BCUT2D eigenvalue weighted by molar-refractivity contribution is 6.03. The molecule has 0 saturated carbocycles. The fraction of sp³-hybridized carbons (Fsp3) is 0.423. The third kappa shape index (κ3) is 5.95. The number of ketones is 1. The van der Waals surface area contributed by atoms with Crippen LogP contribution in [-0.2, 0) is 26.2 Å². The fourth-order valence-corrected chi connectivity index (χ4v) is 3.44. The molecule has 2 aromatic rings. The van der Waals surface area contributed by atoms with Crippen molar-refractivity contribution in [2.75, 3.05) is 13.7 Å². The van der Waals surface area contributed by atoms with Gasteiger partial charge < -0.3 is 14.0 Å². The number of hydrogen-bond donors (Lipinski definition) is 0. The first kappa shape index (κ1) is 25.1. The summed E-state index contributed by atoms with van der Waals surface area (Å²) in [7, 11) is 1.64. The van der Waals surface area contributed by atoms with E-state index in [1.165, 1.54) is 13.0 Å². The van der Waals surface area contributed by atoms with Crippen LogP contribution in [0.25, 0.3) is 6.08 Å². The molecule has 0 aliphatic carbocycles. The summed E-state index contributed by atoms with van der Waals surface area (Å²) in [6, 6.07) is 11.1. The van der Waals surface area contributed by atoms with Crippen LogP contribution >= 0.6 is 0 Å². The van der Waals surface area contributed by atoms with E-state index in [-0.39, 0.29) is 16.8 Å². The minimum Gasteiger partial charge on any atom is -0.450 e. The van der Waals surface area contributed by atoms with Crippen molar-refractivity contribution in [3.63, 3.8) is 0 Å². The lowest BCUT2D eigenvalue weighted by molar-refractivity contribution is -0.141. The number of carbonyl (C=O) groups excluding carboxylic acids is 2. The van der Waals surface area contributed by atoms with Crippen LogP contribution in [-0.4, -0.2) is 36.1 Å². The van der Waals surface area contributed by atoms with Crippen molar-refractivity contribution >= 4 is 17.8 Å². The van der Waals surface area contributed by atoms with E-state index in [4.69, 9.17) is 9.47 Å². The molecule has 0 N–H and O–H groups in total. The maximum absolute atomic E-state index is 12.7. The van der Waals surface area contributed by atoms with Crippen LogP contribution < -0.4 is 0 Å². The van der Waals surface area contributed by atoms with Crippen molar-refractivity contribution in [1.29, 1.82) is 5.26 Å². The minimum absolute atomic E-state index is 0.0227. The second kappa shape index (κ2) is 10.4. The Morgan fingerprint density at radius 1 is 1.19 bits per heavy atom. The molecule has 6 nitrogen and oxygen atoms in total.